The molecule has 6 nitrogen and oxygen atoms in total. The standard InChI is InChI=1S/C17H16Cl2N4O2/c18-13-2-3-14(19)15(9-13)21-16-4-1-12(10-20-16)17(25)23-7-5-22(11-24)6-8-23/h1-4,9-11H,5-8H2,(H,20,21). The van der Waals surface area contributed by atoms with E-state index in [1.807, 2.05) is 0 Å². The Labute approximate surface area is 155 Å². The molecule has 0 atom stereocenters. The first-order valence-corrected chi connectivity index (χ1v) is 8.49. The number of hydrogen-bond donors (Lipinski definition) is 1. The highest BCUT2D eigenvalue weighted by Gasteiger charge is 2.21. The molecule has 1 saturated heterocycles. The van der Waals surface area contributed by atoms with E-state index in [0.717, 1.165) is 6.41 Å². The fraction of sp³-hybridized carbons (Fsp3) is 0.235. The number of anilines is 2. The van der Waals surface area contributed by atoms with Crippen molar-refractivity contribution < 1.29 is 9.59 Å². The summed E-state index contributed by atoms with van der Waals surface area (Å²) < 4.78 is 0. The Morgan fingerprint density at radius 1 is 1.12 bits per heavy atom. The number of piperazine rings is 1. The Morgan fingerprint density at radius 2 is 1.88 bits per heavy atom. The zero-order chi connectivity index (χ0) is 17.8. The van der Waals surface area contributed by atoms with E-state index in [4.69, 9.17) is 23.2 Å². The average Bonchev–Trinajstić information content (AvgIpc) is 2.65. The fourth-order valence-corrected chi connectivity index (χ4v) is 2.88. The molecule has 2 aromatic rings. The summed E-state index contributed by atoms with van der Waals surface area (Å²) in [5, 5.41) is 4.16. The summed E-state index contributed by atoms with van der Waals surface area (Å²) in [5.41, 5.74) is 1.15. The van der Waals surface area contributed by atoms with Crippen molar-refractivity contribution in [1.29, 1.82) is 0 Å². The second-order valence-electron chi connectivity index (χ2n) is 5.61. The van der Waals surface area contributed by atoms with Crippen molar-refractivity contribution in [3.8, 4) is 0 Å². The zero-order valence-corrected chi connectivity index (χ0v) is 14.8. The van der Waals surface area contributed by atoms with Gasteiger partial charge in [-0.05, 0) is 30.3 Å². The zero-order valence-electron chi connectivity index (χ0n) is 13.3. The molecule has 0 aliphatic carbocycles. The number of pyridine rings is 1. The molecule has 0 saturated carbocycles. The van der Waals surface area contributed by atoms with E-state index in [1.54, 1.807) is 40.1 Å². The highest BCUT2D eigenvalue weighted by Crippen LogP contribution is 2.27. The first-order valence-electron chi connectivity index (χ1n) is 7.73. The first-order chi connectivity index (χ1) is 12.1. The molecule has 1 aliphatic heterocycles. The van der Waals surface area contributed by atoms with Crippen LogP contribution in [0.25, 0.3) is 0 Å². The van der Waals surface area contributed by atoms with Crippen molar-refractivity contribution in [3.05, 3.63) is 52.1 Å². The third-order valence-electron chi connectivity index (χ3n) is 3.95. The van der Waals surface area contributed by atoms with Crippen LogP contribution in [0.5, 0.6) is 0 Å². The Kier molecular flexibility index (Phi) is 5.40. The normalized spacial score (nSPS) is 14.3. The molecule has 25 heavy (non-hydrogen) atoms. The monoisotopic (exact) mass is 378 g/mol. The number of amides is 2. The molecule has 0 bridgehead atoms. The van der Waals surface area contributed by atoms with E-state index in [9.17, 15) is 9.59 Å². The van der Waals surface area contributed by atoms with Crippen LogP contribution in [-0.4, -0.2) is 53.3 Å². The minimum Gasteiger partial charge on any atom is -0.342 e. The quantitative estimate of drug-likeness (QED) is 0.830. The van der Waals surface area contributed by atoms with Crippen molar-refractivity contribution >= 4 is 47.0 Å². The molecule has 0 radical (unpaired) electrons. The number of carbonyl (C=O) groups is 2. The molecular formula is C17H16Cl2N4O2. The van der Waals surface area contributed by atoms with E-state index < -0.39 is 0 Å². The number of nitrogens with one attached hydrogen (secondary N) is 1. The highest BCUT2D eigenvalue weighted by atomic mass is 35.5. The van der Waals surface area contributed by atoms with Gasteiger partial charge in [-0.15, -0.1) is 0 Å². The predicted octanol–water partition coefficient (Wildman–Crippen LogP) is 3.05. The number of hydrogen-bond acceptors (Lipinski definition) is 4. The highest BCUT2D eigenvalue weighted by molar-refractivity contribution is 6.35. The maximum absolute atomic E-state index is 12.5. The van der Waals surface area contributed by atoms with Gasteiger partial charge in [0.1, 0.15) is 5.82 Å². The first kappa shape index (κ1) is 17.5. The Bertz CT molecular complexity index is 775. The van der Waals surface area contributed by atoms with Gasteiger partial charge >= 0.3 is 0 Å². The van der Waals surface area contributed by atoms with Gasteiger partial charge < -0.3 is 15.1 Å². The molecule has 1 N–H and O–H groups in total. The predicted molar refractivity (Wildman–Crippen MR) is 97.5 cm³/mol. The van der Waals surface area contributed by atoms with E-state index >= 15 is 0 Å². The van der Waals surface area contributed by atoms with Gasteiger partial charge in [-0.3, -0.25) is 9.59 Å². The van der Waals surface area contributed by atoms with Gasteiger partial charge in [-0.25, -0.2) is 4.98 Å². The molecule has 0 unspecified atom stereocenters. The molecule has 0 spiro atoms. The van der Waals surface area contributed by atoms with Crippen molar-refractivity contribution in [3.63, 3.8) is 0 Å². The molecule has 8 heteroatoms. The molecular weight excluding hydrogens is 363 g/mol. The van der Waals surface area contributed by atoms with Crippen LogP contribution in [0.2, 0.25) is 10.0 Å². The Morgan fingerprint density at radius 3 is 2.52 bits per heavy atom. The lowest BCUT2D eigenvalue weighted by molar-refractivity contribution is -0.119. The molecule has 130 valence electrons. The molecule has 1 aromatic carbocycles. The van der Waals surface area contributed by atoms with Gasteiger partial charge in [0, 0.05) is 37.4 Å². The lowest BCUT2D eigenvalue weighted by atomic mass is 10.2. The molecule has 1 aliphatic rings. The second-order valence-corrected chi connectivity index (χ2v) is 6.46. The minimum atomic E-state index is -0.0922. The third-order valence-corrected chi connectivity index (χ3v) is 4.52. The van der Waals surface area contributed by atoms with Crippen molar-refractivity contribution in [2.75, 3.05) is 31.5 Å². The number of halogens is 2. The summed E-state index contributed by atoms with van der Waals surface area (Å²) in [6.07, 6.45) is 2.33. The van der Waals surface area contributed by atoms with E-state index in [0.29, 0.717) is 53.3 Å². The van der Waals surface area contributed by atoms with Crippen LogP contribution < -0.4 is 5.32 Å². The Balaban J connectivity index is 1.67. The van der Waals surface area contributed by atoms with Gasteiger partial charge in [0.25, 0.3) is 5.91 Å². The fourth-order valence-electron chi connectivity index (χ4n) is 2.54. The summed E-state index contributed by atoms with van der Waals surface area (Å²) in [5.74, 6) is 0.469. The molecule has 2 amide bonds. The van der Waals surface area contributed by atoms with Gasteiger partial charge in [0.05, 0.1) is 16.3 Å². The Hall–Kier alpha value is -2.31. The largest absolute Gasteiger partial charge is 0.342 e. The summed E-state index contributed by atoms with van der Waals surface area (Å²) in [6.45, 7) is 2.15. The summed E-state index contributed by atoms with van der Waals surface area (Å²) in [4.78, 5) is 30.9. The summed E-state index contributed by atoms with van der Waals surface area (Å²) in [6, 6.07) is 8.53. The summed E-state index contributed by atoms with van der Waals surface area (Å²) in [7, 11) is 0. The van der Waals surface area contributed by atoms with Crippen LogP contribution in [0.3, 0.4) is 0 Å². The molecule has 1 fully saturated rings. The topological polar surface area (TPSA) is 65.5 Å². The number of carbonyl (C=O) groups excluding carboxylic acids is 2. The van der Waals surface area contributed by atoms with Crippen LogP contribution in [0.15, 0.2) is 36.5 Å². The number of nitrogens with zero attached hydrogens (tertiary/aromatic N) is 3. The SMILES string of the molecule is O=CN1CCN(C(=O)c2ccc(Nc3cc(Cl)ccc3Cl)nc2)CC1. The van der Waals surface area contributed by atoms with Gasteiger partial charge in [0.2, 0.25) is 6.41 Å². The number of aromatic nitrogens is 1. The second kappa shape index (κ2) is 7.72. The van der Waals surface area contributed by atoms with Crippen LogP contribution in [0.1, 0.15) is 10.4 Å². The maximum atomic E-state index is 12.5. The maximum Gasteiger partial charge on any atom is 0.255 e. The smallest absolute Gasteiger partial charge is 0.255 e. The van der Waals surface area contributed by atoms with E-state index in [1.165, 1.54) is 6.20 Å². The van der Waals surface area contributed by atoms with Crippen molar-refractivity contribution in [2.24, 2.45) is 0 Å². The van der Waals surface area contributed by atoms with Crippen molar-refractivity contribution in [1.82, 2.24) is 14.8 Å². The number of benzene rings is 1. The van der Waals surface area contributed by atoms with Crippen LogP contribution >= 0.6 is 23.2 Å². The van der Waals surface area contributed by atoms with Gasteiger partial charge in [-0.1, -0.05) is 23.2 Å². The lowest BCUT2D eigenvalue weighted by Crippen LogP contribution is -2.48. The van der Waals surface area contributed by atoms with Gasteiger partial charge in [-0.2, -0.15) is 0 Å². The summed E-state index contributed by atoms with van der Waals surface area (Å²) >= 11 is 12.1. The average molecular weight is 379 g/mol. The molecule has 1 aromatic heterocycles. The molecule has 2 heterocycles. The third kappa shape index (κ3) is 4.21. The van der Waals surface area contributed by atoms with Crippen molar-refractivity contribution in [2.45, 2.75) is 0 Å². The van der Waals surface area contributed by atoms with Crippen LogP contribution in [0.4, 0.5) is 11.5 Å². The minimum absolute atomic E-state index is 0.0922. The lowest BCUT2D eigenvalue weighted by Gasteiger charge is -2.32. The van der Waals surface area contributed by atoms with E-state index in [-0.39, 0.29) is 5.91 Å². The van der Waals surface area contributed by atoms with E-state index in [2.05, 4.69) is 10.3 Å². The van der Waals surface area contributed by atoms with Crippen LogP contribution in [-0.2, 0) is 4.79 Å². The van der Waals surface area contributed by atoms with Crippen LogP contribution in [0, 0.1) is 0 Å². The molecule has 3 rings (SSSR count). The number of rotatable bonds is 4. The van der Waals surface area contributed by atoms with Gasteiger partial charge in [0.15, 0.2) is 0 Å².